The Hall–Kier alpha value is -2.18. The molecule has 0 aliphatic rings. The van der Waals surface area contributed by atoms with Crippen LogP contribution < -0.4 is 5.23 Å². The van der Waals surface area contributed by atoms with Crippen LogP contribution in [0.4, 0.5) is 5.69 Å². The van der Waals surface area contributed by atoms with Crippen LogP contribution in [0.5, 0.6) is 0 Å². The molecule has 0 bridgehead atoms. The molecular weight excluding hydrogens is 226 g/mol. The molecule has 0 aromatic heterocycles. The van der Waals surface area contributed by atoms with Crippen molar-refractivity contribution in [2.45, 2.75) is 6.92 Å². The summed E-state index contributed by atoms with van der Waals surface area (Å²) in [6.45, 7) is 4.50. The van der Waals surface area contributed by atoms with Crippen LogP contribution in [-0.4, -0.2) is 17.0 Å². The van der Waals surface area contributed by atoms with Gasteiger partial charge in [-0.15, -0.1) is 0 Å². The molecule has 0 atom stereocenters. The molecule has 0 aliphatic heterocycles. The van der Waals surface area contributed by atoms with E-state index in [0.717, 1.165) is 0 Å². The van der Waals surface area contributed by atoms with Gasteiger partial charge in [0.2, 0.25) is 0 Å². The Labute approximate surface area is 97.3 Å². The Bertz CT molecular complexity index is 449. The summed E-state index contributed by atoms with van der Waals surface area (Å²) < 4.78 is 4.66. The lowest BCUT2D eigenvalue weighted by Gasteiger charge is -2.21. The molecule has 0 heterocycles. The summed E-state index contributed by atoms with van der Waals surface area (Å²) >= 11 is 0. The maximum absolute atomic E-state index is 11.5. The first kappa shape index (κ1) is 12.9. The summed E-state index contributed by atoms with van der Waals surface area (Å²) in [7, 11) is 0. The SMILES string of the molecule is C=C(OC(=O)c1ccc(N([O-])O)cc1)C(C)=O. The van der Waals surface area contributed by atoms with Crippen LogP contribution in [0.3, 0.4) is 0 Å². The molecule has 0 spiro atoms. The molecule has 0 saturated heterocycles. The molecule has 0 saturated carbocycles. The molecule has 1 N–H and O–H groups in total. The fourth-order valence-corrected chi connectivity index (χ4v) is 0.968. The van der Waals surface area contributed by atoms with Gasteiger partial charge in [0.15, 0.2) is 11.5 Å². The third-order valence-corrected chi connectivity index (χ3v) is 1.93. The molecule has 1 aromatic rings. The van der Waals surface area contributed by atoms with Crippen LogP contribution in [0.25, 0.3) is 0 Å². The second-order valence-corrected chi connectivity index (χ2v) is 3.19. The van der Waals surface area contributed by atoms with Gasteiger partial charge in [-0.1, -0.05) is 6.58 Å². The van der Waals surface area contributed by atoms with Crippen LogP contribution >= 0.6 is 0 Å². The summed E-state index contributed by atoms with van der Waals surface area (Å²) in [6.07, 6.45) is 0. The highest BCUT2D eigenvalue weighted by atomic mass is 16.8. The molecule has 0 amide bonds. The molecule has 6 heteroatoms. The average molecular weight is 236 g/mol. The van der Waals surface area contributed by atoms with Crippen molar-refractivity contribution >= 4 is 17.4 Å². The summed E-state index contributed by atoms with van der Waals surface area (Å²) in [6, 6.07) is 5.04. The second kappa shape index (κ2) is 5.24. The zero-order valence-electron chi connectivity index (χ0n) is 9.04. The van der Waals surface area contributed by atoms with E-state index in [1.807, 2.05) is 0 Å². The fraction of sp³-hybridized carbons (Fsp3) is 0.0909. The molecule has 0 aliphatic carbocycles. The lowest BCUT2D eigenvalue weighted by Crippen LogP contribution is -2.10. The standard InChI is InChI=1S/C11H10NO5/c1-7(13)8(2)17-11(14)9-3-5-10(6-4-9)12(15)16/h3-6,15H,2H2,1H3/q-1. The smallest absolute Gasteiger partial charge is 0.343 e. The number of esters is 1. The van der Waals surface area contributed by atoms with Crippen LogP contribution in [0.15, 0.2) is 36.6 Å². The summed E-state index contributed by atoms with van der Waals surface area (Å²) in [4.78, 5) is 22.2. The highest BCUT2D eigenvalue weighted by Gasteiger charge is 2.11. The Morgan fingerprint density at radius 3 is 2.29 bits per heavy atom. The van der Waals surface area contributed by atoms with Gasteiger partial charge < -0.3 is 15.2 Å². The maximum Gasteiger partial charge on any atom is 0.343 e. The number of Topliss-reactive ketones (excluding diaryl/α,β-unsaturated/α-hetero) is 1. The van der Waals surface area contributed by atoms with E-state index in [0.29, 0.717) is 0 Å². The fourth-order valence-electron chi connectivity index (χ4n) is 0.968. The van der Waals surface area contributed by atoms with Crippen molar-refractivity contribution in [2.75, 3.05) is 5.23 Å². The van der Waals surface area contributed by atoms with E-state index in [1.54, 1.807) is 0 Å². The number of ketones is 1. The first-order chi connectivity index (χ1) is 7.91. The largest absolute Gasteiger partial charge is 0.733 e. The van der Waals surface area contributed by atoms with Gasteiger partial charge in [0.1, 0.15) is 0 Å². The molecule has 0 radical (unpaired) electrons. The van der Waals surface area contributed by atoms with Crippen LogP contribution in [0.1, 0.15) is 17.3 Å². The highest BCUT2D eigenvalue weighted by molar-refractivity contribution is 5.97. The van der Waals surface area contributed by atoms with Gasteiger partial charge in [-0.25, -0.2) is 4.79 Å². The van der Waals surface area contributed by atoms with Crippen molar-refractivity contribution in [1.82, 2.24) is 0 Å². The molecule has 17 heavy (non-hydrogen) atoms. The van der Waals surface area contributed by atoms with Gasteiger partial charge in [0, 0.05) is 6.92 Å². The lowest BCUT2D eigenvalue weighted by atomic mass is 10.2. The van der Waals surface area contributed by atoms with Gasteiger partial charge in [-0.05, 0) is 24.3 Å². The van der Waals surface area contributed by atoms with E-state index in [-0.39, 0.29) is 22.2 Å². The summed E-state index contributed by atoms with van der Waals surface area (Å²) in [5.41, 5.74) is 0.116. The Kier molecular flexibility index (Phi) is 3.97. The van der Waals surface area contributed by atoms with E-state index in [2.05, 4.69) is 11.3 Å². The minimum absolute atomic E-state index is 0.0213. The van der Waals surface area contributed by atoms with Crippen molar-refractivity contribution in [3.8, 4) is 0 Å². The minimum Gasteiger partial charge on any atom is -0.733 e. The van der Waals surface area contributed by atoms with Crippen LogP contribution in [-0.2, 0) is 9.53 Å². The number of rotatable bonds is 4. The first-order valence-corrected chi connectivity index (χ1v) is 4.60. The maximum atomic E-state index is 11.5. The van der Waals surface area contributed by atoms with Crippen LogP contribution in [0, 0.1) is 5.21 Å². The number of hydrogen-bond donors (Lipinski definition) is 1. The van der Waals surface area contributed by atoms with Crippen molar-refractivity contribution in [2.24, 2.45) is 0 Å². The average Bonchev–Trinajstić information content (AvgIpc) is 2.28. The molecule has 0 unspecified atom stereocenters. The molecule has 6 nitrogen and oxygen atoms in total. The number of benzene rings is 1. The van der Waals surface area contributed by atoms with E-state index in [9.17, 15) is 14.8 Å². The molecule has 90 valence electrons. The Morgan fingerprint density at radius 2 is 1.88 bits per heavy atom. The van der Waals surface area contributed by atoms with E-state index >= 15 is 0 Å². The van der Waals surface area contributed by atoms with Gasteiger partial charge in [0.25, 0.3) is 0 Å². The summed E-state index contributed by atoms with van der Waals surface area (Å²) in [5.74, 6) is -1.46. The van der Waals surface area contributed by atoms with Gasteiger partial charge in [-0.2, -0.15) is 0 Å². The van der Waals surface area contributed by atoms with E-state index in [4.69, 9.17) is 5.21 Å². The zero-order valence-corrected chi connectivity index (χ0v) is 9.04. The van der Waals surface area contributed by atoms with Crippen molar-refractivity contribution < 1.29 is 19.5 Å². The number of ether oxygens (including phenoxy) is 1. The van der Waals surface area contributed by atoms with Crippen LogP contribution in [0.2, 0.25) is 0 Å². The van der Waals surface area contributed by atoms with Crippen molar-refractivity contribution in [3.05, 3.63) is 47.4 Å². The lowest BCUT2D eigenvalue weighted by molar-refractivity contribution is -0.116. The topological polar surface area (TPSA) is 89.9 Å². The number of carbonyl (C=O) groups is 2. The number of carbonyl (C=O) groups excluding carboxylic acids is 2. The summed E-state index contributed by atoms with van der Waals surface area (Å²) in [5, 5.41) is 18.7. The quantitative estimate of drug-likeness (QED) is 0.370. The number of allylic oxidation sites excluding steroid dienone is 1. The Balaban J connectivity index is 2.77. The number of anilines is 1. The monoisotopic (exact) mass is 236 g/mol. The van der Waals surface area contributed by atoms with E-state index < -0.39 is 11.8 Å². The molecule has 0 fully saturated rings. The molecule has 1 rings (SSSR count). The van der Waals surface area contributed by atoms with Crippen molar-refractivity contribution in [1.29, 1.82) is 0 Å². The molecule has 1 aromatic carbocycles. The van der Waals surface area contributed by atoms with E-state index in [1.165, 1.54) is 31.2 Å². The molecular formula is C11H10NO5-. The Morgan fingerprint density at radius 1 is 1.35 bits per heavy atom. The predicted molar refractivity (Wildman–Crippen MR) is 59.3 cm³/mol. The normalized spacial score (nSPS) is 9.59. The first-order valence-electron chi connectivity index (χ1n) is 4.60. The van der Waals surface area contributed by atoms with Gasteiger partial charge >= 0.3 is 5.97 Å². The minimum atomic E-state index is -0.757. The highest BCUT2D eigenvalue weighted by Crippen LogP contribution is 2.14. The third-order valence-electron chi connectivity index (χ3n) is 1.93. The predicted octanol–water partition coefficient (Wildman–Crippen LogP) is 1.64. The zero-order chi connectivity index (χ0) is 13.0. The third kappa shape index (κ3) is 3.40. The second-order valence-electron chi connectivity index (χ2n) is 3.19. The van der Waals surface area contributed by atoms with Crippen molar-refractivity contribution in [3.63, 3.8) is 0 Å². The van der Waals surface area contributed by atoms with Gasteiger partial charge in [-0.3, -0.25) is 10.0 Å². The number of hydrogen-bond acceptors (Lipinski definition) is 6. The van der Waals surface area contributed by atoms with Gasteiger partial charge in [0.05, 0.1) is 11.3 Å². The number of nitrogens with zero attached hydrogens (tertiary/aromatic N) is 1.